The largest absolute Gasteiger partial charge is 0.351 e. The monoisotopic (exact) mass is 337 g/mol. The molecule has 0 radical (unpaired) electrons. The van der Waals surface area contributed by atoms with Gasteiger partial charge in [-0.25, -0.2) is 4.39 Å². The van der Waals surface area contributed by atoms with E-state index in [1.54, 1.807) is 29.1 Å². The number of nitrogens with zero attached hydrogens (tertiary/aromatic N) is 2. The fourth-order valence-electron chi connectivity index (χ4n) is 1.56. The summed E-state index contributed by atoms with van der Waals surface area (Å²) >= 11 is 3.30. The molecular formula is C14H13BrFN3O. The van der Waals surface area contributed by atoms with Crippen LogP contribution in [0.4, 0.5) is 4.39 Å². The van der Waals surface area contributed by atoms with Gasteiger partial charge in [0.25, 0.3) is 0 Å². The summed E-state index contributed by atoms with van der Waals surface area (Å²) in [6.45, 7) is 1.09. The van der Waals surface area contributed by atoms with Crippen LogP contribution in [-0.4, -0.2) is 22.2 Å². The molecule has 0 fully saturated rings. The number of benzene rings is 1. The minimum absolute atomic E-state index is 0.194. The molecule has 0 bridgehead atoms. The Kier molecular flexibility index (Phi) is 5.06. The van der Waals surface area contributed by atoms with Crippen LogP contribution in [0.3, 0.4) is 0 Å². The molecule has 1 aromatic carbocycles. The van der Waals surface area contributed by atoms with Gasteiger partial charge in [0.2, 0.25) is 5.91 Å². The van der Waals surface area contributed by atoms with E-state index in [1.165, 1.54) is 18.2 Å². The number of nitrogens with one attached hydrogen (secondary N) is 1. The van der Waals surface area contributed by atoms with Crippen LogP contribution in [0, 0.1) is 5.82 Å². The Morgan fingerprint density at radius 1 is 1.40 bits per heavy atom. The second-order valence-electron chi connectivity index (χ2n) is 4.10. The van der Waals surface area contributed by atoms with Crippen molar-refractivity contribution in [3.05, 3.63) is 58.6 Å². The van der Waals surface area contributed by atoms with Crippen LogP contribution in [0.15, 0.2) is 47.2 Å². The molecule has 0 aliphatic heterocycles. The van der Waals surface area contributed by atoms with Crippen LogP contribution in [0.1, 0.15) is 5.56 Å². The highest BCUT2D eigenvalue weighted by molar-refractivity contribution is 9.10. The average molecular weight is 338 g/mol. The zero-order chi connectivity index (χ0) is 14.4. The summed E-state index contributed by atoms with van der Waals surface area (Å²) < 4.78 is 15.3. The van der Waals surface area contributed by atoms with Crippen LogP contribution < -0.4 is 5.32 Å². The third-order valence-electron chi connectivity index (χ3n) is 2.54. The van der Waals surface area contributed by atoms with Gasteiger partial charge < -0.3 is 5.32 Å². The van der Waals surface area contributed by atoms with Gasteiger partial charge in [0.05, 0.1) is 17.2 Å². The summed E-state index contributed by atoms with van der Waals surface area (Å²) in [5.74, 6) is -0.488. The predicted octanol–water partition coefficient (Wildman–Crippen LogP) is 2.61. The molecule has 0 spiro atoms. The van der Waals surface area contributed by atoms with Crippen LogP contribution in [0.2, 0.25) is 0 Å². The fraction of sp³-hybridized carbons (Fsp3) is 0.143. The summed E-state index contributed by atoms with van der Waals surface area (Å²) in [6.07, 6.45) is 6.59. The van der Waals surface area contributed by atoms with E-state index in [2.05, 4.69) is 26.3 Å². The van der Waals surface area contributed by atoms with Crippen molar-refractivity contribution in [2.24, 2.45) is 0 Å². The van der Waals surface area contributed by atoms with Gasteiger partial charge in [-0.05, 0) is 39.7 Å². The van der Waals surface area contributed by atoms with Crippen molar-refractivity contribution < 1.29 is 9.18 Å². The zero-order valence-corrected chi connectivity index (χ0v) is 12.2. The fourth-order valence-corrected chi connectivity index (χ4v) is 1.89. The lowest BCUT2D eigenvalue weighted by Crippen LogP contribution is -2.25. The Morgan fingerprint density at radius 3 is 2.80 bits per heavy atom. The first-order chi connectivity index (χ1) is 9.63. The van der Waals surface area contributed by atoms with Crippen LogP contribution >= 0.6 is 15.9 Å². The highest BCUT2D eigenvalue weighted by Gasteiger charge is 1.97. The number of hydrogen-bond donors (Lipinski definition) is 1. The van der Waals surface area contributed by atoms with Gasteiger partial charge >= 0.3 is 0 Å². The molecule has 0 unspecified atom stereocenters. The third-order valence-corrected chi connectivity index (χ3v) is 2.95. The maximum Gasteiger partial charge on any atom is 0.244 e. The Balaban J connectivity index is 1.76. The Hall–Kier alpha value is -1.95. The van der Waals surface area contributed by atoms with Crippen molar-refractivity contribution in [2.45, 2.75) is 6.54 Å². The number of carbonyl (C=O) groups is 1. The van der Waals surface area contributed by atoms with Gasteiger partial charge in [-0.2, -0.15) is 5.10 Å². The Bertz CT molecular complexity index is 607. The Morgan fingerprint density at radius 2 is 2.15 bits per heavy atom. The van der Waals surface area contributed by atoms with Crippen molar-refractivity contribution in [3.63, 3.8) is 0 Å². The molecule has 0 aliphatic rings. The van der Waals surface area contributed by atoms with Gasteiger partial charge in [0, 0.05) is 18.8 Å². The molecule has 0 saturated heterocycles. The van der Waals surface area contributed by atoms with E-state index in [4.69, 9.17) is 0 Å². The summed E-state index contributed by atoms with van der Waals surface area (Å²) in [5, 5.41) is 6.83. The topological polar surface area (TPSA) is 46.9 Å². The van der Waals surface area contributed by atoms with Crippen molar-refractivity contribution >= 4 is 27.9 Å². The average Bonchev–Trinajstić information content (AvgIpc) is 2.84. The standard InChI is InChI=1S/C14H13BrFN3O/c15-12-9-18-19(10-12)8-7-17-14(20)6-3-11-1-4-13(16)5-2-11/h1-6,9-10H,7-8H2,(H,17,20)/b6-3+. The van der Waals surface area contributed by atoms with E-state index in [0.29, 0.717) is 13.1 Å². The van der Waals surface area contributed by atoms with Gasteiger partial charge in [-0.1, -0.05) is 12.1 Å². The van der Waals surface area contributed by atoms with E-state index in [9.17, 15) is 9.18 Å². The third kappa shape index (κ3) is 4.62. The first kappa shape index (κ1) is 14.5. The smallest absolute Gasteiger partial charge is 0.244 e. The predicted molar refractivity (Wildman–Crippen MR) is 78.4 cm³/mol. The number of aromatic nitrogens is 2. The quantitative estimate of drug-likeness (QED) is 0.852. The minimum atomic E-state index is -0.294. The Labute approximate surface area is 124 Å². The lowest BCUT2D eigenvalue weighted by Gasteiger charge is -2.02. The second kappa shape index (κ2) is 7.00. The molecule has 1 N–H and O–H groups in total. The van der Waals surface area contributed by atoms with E-state index < -0.39 is 0 Å². The first-order valence-electron chi connectivity index (χ1n) is 6.03. The molecule has 1 amide bonds. The lowest BCUT2D eigenvalue weighted by atomic mass is 10.2. The molecule has 0 saturated carbocycles. The summed E-state index contributed by atoms with van der Waals surface area (Å²) in [4.78, 5) is 11.6. The van der Waals surface area contributed by atoms with Crippen molar-refractivity contribution in [3.8, 4) is 0 Å². The summed E-state index contributed by atoms with van der Waals surface area (Å²) in [7, 11) is 0. The zero-order valence-electron chi connectivity index (χ0n) is 10.6. The van der Waals surface area contributed by atoms with E-state index in [-0.39, 0.29) is 11.7 Å². The maximum absolute atomic E-state index is 12.7. The molecule has 2 rings (SSSR count). The van der Waals surface area contributed by atoms with Gasteiger partial charge in [0.15, 0.2) is 0 Å². The normalized spacial score (nSPS) is 10.9. The van der Waals surface area contributed by atoms with E-state index in [0.717, 1.165) is 10.0 Å². The SMILES string of the molecule is O=C(/C=C/c1ccc(F)cc1)NCCn1cc(Br)cn1. The molecule has 0 aliphatic carbocycles. The maximum atomic E-state index is 12.7. The van der Waals surface area contributed by atoms with Gasteiger partial charge in [0.1, 0.15) is 5.82 Å². The highest BCUT2D eigenvalue weighted by atomic mass is 79.9. The molecule has 20 heavy (non-hydrogen) atoms. The second-order valence-corrected chi connectivity index (χ2v) is 5.01. The van der Waals surface area contributed by atoms with E-state index in [1.807, 2.05) is 6.20 Å². The number of amides is 1. The lowest BCUT2D eigenvalue weighted by molar-refractivity contribution is -0.116. The van der Waals surface area contributed by atoms with Gasteiger partial charge in [-0.3, -0.25) is 9.48 Å². The molecule has 1 heterocycles. The molecule has 2 aromatic rings. The van der Waals surface area contributed by atoms with Crippen molar-refractivity contribution in [1.29, 1.82) is 0 Å². The molecule has 4 nitrogen and oxygen atoms in total. The van der Waals surface area contributed by atoms with E-state index >= 15 is 0 Å². The number of carbonyl (C=O) groups excluding carboxylic acids is 1. The molecule has 0 atom stereocenters. The van der Waals surface area contributed by atoms with Crippen LogP contribution in [-0.2, 0) is 11.3 Å². The minimum Gasteiger partial charge on any atom is -0.351 e. The summed E-state index contributed by atoms with van der Waals surface area (Å²) in [6, 6.07) is 5.93. The van der Waals surface area contributed by atoms with Crippen LogP contribution in [0.5, 0.6) is 0 Å². The summed E-state index contributed by atoms with van der Waals surface area (Å²) in [5.41, 5.74) is 0.776. The first-order valence-corrected chi connectivity index (χ1v) is 6.82. The molecule has 6 heteroatoms. The number of hydrogen-bond acceptors (Lipinski definition) is 2. The molecule has 1 aromatic heterocycles. The number of rotatable bonds is 5. The highest BCUT2D eigenvalue weighted by Crippen LogP contribution is 2.06. The van der Waals surface area contributed by atoms with Crippen molar-refractivity contribution in [1.82, 2.24) is 15.1 Å². The number of halogens is 2. The molecule has 104 valence electrons. The van der Waals surface area contributed by atoms with Gasteiger partial charge in [-0.15, -0.1) is 0 Å². The van der Waals surface area contributed by atoms with Crippen molar-refractivity contribution in [2.75, 3.05) is 6.54 Å². The van der Waals surface area contributed by atoms with Crippen LogP contribution in [0.25, 0.3) is 6.08 Å². The molecular weight excluding hydrogens is 325 g/mol.